The lowest BCUT2D eigenvalue weighted by Gasteiger charge is -2.27. The summed E-state index contributed by atoms with van der Waals surface area (Å²) in [5, 5.41) is 8.91. The number of ether oxygens (including phenoxy) is 3. The highest BCUT2D eigenvalue weighted by atomic mass is 16.5. The molecular weight excluding hydrogens is 278 g/mol. The topological polar surface area (TPSA) is 51.5 Å². The monoisotopic (exact) mass is 295 g/mol. The molecule has 0 aliphatic carbocycles. The van der Waals surface area contributed by atoms with Gasteiger partial charge in [-0.3, -0.25) is 0 Å². The number of nitrogens with zero attached hydrogens (tertiary/aromatic N) is 1. The molecule has 0 saturated carbocycles. The largest absolute Gasteiger partial charge is 0.493 e. The van der Waals surface area contributed by atoms with Gasteiger partial charge in [-0.1, -0.05) is 12.1 Å². The van der Waals surface area contributed by atoms with Gasteiger partial charge in [-0.2, -0.15) is 5.26 Å². The standard InChI is InChI=1S/C18H17NO3/c1-20-16-9-14-7-8-22-18(15(14)10-17(16)21-2)13-5-3-12(11-19)4-6-13/h3-6,9-10,18H,7-8H2,1-2H3/t18-/m0/s1. The van der Waals surface area contributed by atoms with E-state index in [1.807, 2.05) is 36.4 Å². The van der Waals surface area contributed by atoms with Crippen molar-refractivity contribution in [2.75, 3.05) is 20.8 Å². The predicted molar refractivity (Wildman–Crippen MR) is 82.2 cm³/mol. The molecule has 0 unspecified atom stereocenters. The van der Waals surface area contributed by atoms with Crippen molar-refractivity contribution in [2.45, 2.75) is 12.5 Å². The van der Waals surface area contributed by atoms with Crippen molar-refractivity contribution in [3.63, 3.8) is 0 Å². The summed E-state index contributed by atoms with van der Waals surface area (Å²) in [7, 11) is 3.27. The van der Waals surface area contributed by atoms with Crippen molar-refractivity contribution in [2.24, 2.45) is 0 Å². The molecule has 1 heterocycles. The van der Waals surface area contributed by atoms with E-state index in [0.29, 0.717) is 17.9 Å². The minimum absolute atomic E-state index is 0.142. The maximum Gasteiger partial charge on any atom is 0.161 e. The van der Waals surface area contributed by atoms with E-state index >= 15 is 0 Å². The summed E-state index contributed by atoms with van der Waals surface area (Å²) >= 11 is 0. The Hall–Kier alpha value is -2.51. The zero-order valence-corrected chi connectivity index (χ0v) is 12.6. The number of fused-ring (bicyclic) bond motifs is 1. The predicted octanol–water partition coefficient (Wildman–Crippen LogP) is 3.24. The van der Waals surface area contributed by atoms with Crippen molar-refractivity contribution < 1.29 is 14.2 Å². The van der Waals surface area contributed by atoms with Crippen LogP contribution >= 0.6 is 0 Å². The van der Waals surface area contributed by atoms with Crippen LogP contribution in [0.5, 0.6) is 11.5 Å². The fraction of sp³-hybridized carbons (Fsp3) is 0.278. The summed E-state index contributed by atoms with van der Waals surface area (Å²) in [6.45, 7) is 0.660. The van der Waals surface area contributed by atoms with Gasteiger partial charge in [0.15, 0.2) is 11.5 Å². The molecule has 0 N–H and O–H groups in total. The Morgan fingerprint density at radius 3 is 2.41 bits per heavy atom. The average Bonchev–Trinajstić information content (AvgIpc) is 2.60. The molecule has 2 aromatic carbocycles. The molecule has 1 aliphatic rings. The van der Waals surface area contributed by atoms with Gasteiger partial charge >= 0.3 is 0 Å². The van der Waals surface area contributed by atoms with Crippen LogP contribution in [0.25, 0.3) is 0 Å². The second-order valence-corrected chi connectivity index (χ2v) is 5.14. The first-order valence-corrected chi connectivity index (χ1v) is 7.13. The normalized spacial score (nSPS) is 16.5. The van der Waals surface area contributed by atoms with Crippen molar-refractivity contribution in [1.82, 2.24) is 0 Å². The second kappa shape index (κ2) is 6.08. The highest BCUT2D eigenvalue weighted by Crippen LogP contribution is 2.39. The Kier molecular flexibility index (Phi) is 3.99. The minimum Gasteiger partial charge on any atom is -0.493 e. The maximum atomic E-state index is 8.91. The fourth-order valence-electron chi connectivity index (χ4n) is 2.78. The first kappa shape index (κ1) is 14.4. The molecule has 0 spiro atoms. The van der Waals surface area contributed by atoms with Crippen LogP contribution in [0, 0.1) is 11.3 Å². The summed E-state index contributed by atoms with van der Waals surface area (Å²) < 4.78 is 16.7. The van der Waals surface area contributed by atoms with Crippen molar-refractivity contribution in [3.05, 3.63) is 58.7 Å². The molecule has 0 amide bonds. The van der Waals surface area contributed by atoms with Crippen LogP contribution in [0.1, 0.15) is 28.4 Å². The van der Waals surface area contributed by atoms with Gasteiger partial charge < -0.3 is 14.2 Å². The van der Waals surface area contributed by atoms with Gasteiger partial charge in [0.1, 0.15) is 6.10 Å². The van der Waals surface area contributed by atoms with Crippen LogP contribution in [-0.4, -0.2) is 20.8 Å². The molecule has 0 saturated heterocycles. The van der Waals surface area contributed by atoms with Crippen molar-refractivity contribution in [1.29, 1.82) is 5.26 Å². The minimum atomic E-state index is -0.142. The lowest BCUT2D eigenvalue weighted by molar-refractivity contribution is 0.0695. The highest BCUT2D eigenvalue weighted by Gasteiger charge is 2.25. The van der Waals surface area contributed by atoms with E-state index in [9.17, 15) is 0 Å². The Bertz CT molecular complexity index is 716. The third-order valence-electron chi connectivity index (χ3n) is 3.93. The smallest absolute Gasteiger partial charge is 0.161 e. The third kappa shape index (κ3) is 2.51. The average molecular weight is 295 g/mol. The van der Waals surface area contributed by atoms with Gasteiger partial charge in [-0.25, -0.2) is 0 Å². The van der Waals surface area contributed by atoms with Gasteiger partial charge in [0, 0.05) is 0 Å². The van der Waals surface area contributed by atoms with Crippen molar-refractivity contribution >= 4 is 0 Å². The van der Waals surface area contributed by atoms with Crippen LogP contribution in [0.4, 0.5) is 0 Å². The number of benzene rings is 2. The van der Waals surface area contributed by atoms with Gasteiger partial charge in [-0.05, 0) is 47.4 Å². The highest BCUT2D eigenvalue weighted by molar-refractivity contribution is 5.51. The summed E-state index contributed by atoms with van der Waals surface area (Å²) in [6.07, 6.45) is 0.707. The Balaban J connectivity index is 2.04. The number of methoxy groups -OCH3 is 2. The van der Waals surface area contributed by atoms with E-state index < -0.39 is 0 Å². The molecule has 1 atom stereocenters. The number of hydrogen-bond acceptors (Lipinski definition) is 4. The molecule has 2 aromatic rings. The zero-order valence-electron chi connectivity index (χ0n) is 12.6. The summed E-state index contributed by atoms with van der Waals surface area (Å²) in [6, 6.07) is 13.6. The van der Waals surface area contributed by atoms with E-state index in [2.05, 4.69) is 6.07 Å². The van der Waals surface area contributed by atoms with Crippen molar-refractivity contribution in [3.8, 4) is 17.6 Å². The van der Waals surface area contributed by atoms with Gasteiger partial charge in [-0.15, -0.1) is 0 Å². The molecule has 0 radical (unpaired) electrons. The van der Waals surface area contributed by atoms with Crippen LogP contribution in [0.15, 0.2) is 36.4 Å². The van der Waals surface area contributed by atoms with Gasteiger partial charge in [0.2, 0.25) is 0 Å². The van der Waals surface area contributed by atoms with Crippen LogP contribution < -0.4 is 9.47 Å². The SMILES string of the molecule is COc1cc2c(cc1OC)[C@H](c1ccc(C#N)cc1)OCC2. The Morgan fingerprint density at radius 2 is 1.77 bits per heavy atom. The number of hydrogen-bond donors (Lipinski definition) is 0. The Labute approximate surface area is 129 Å². The quantitative estimate of drug-likeness (QED) is 0.872. The molecule has 3 rings (SSSR count). The molecular formula is C18H17NO3. The zero-order chi connectivity index (χ0) is 15.5. The fourth-order valence-corrected chi connectivity index (χ4v) is 2.78. The summed E-state index contributed by atoms with van der Waals surface area (Å²) in [5.74, 6) is 1.44. The number of rotatable bonds is 3. The first-order valence-electron chi connectivity index (χ1n) is 7.13. The first-order chi connectivity index (χ1) is 10.8. The summed E-state index contributed by atoms with van der Waals surface area (Å²) in [5.41, 5.74) is 3.98. The van der Waals surface area contributed by atoms with Gasteiger partial charge in [0.25, 0.3) is 0 Å². The van der Waals surface area contributed by atoms with E-state index in [-0.39, 0.29) is 6.10 Å². The molecule has 4 heteroatoms. The van der Waals surface area contributed by atoms with Crippen LogP contribution in [-0.2, 0) is 11.2 Å². The Morgan fingerprint density at radius 1 is 1.09 bits per heavy atom. The van der Waals surface area contributed by atoms with Gasteiger partial charge in [0.05, 0.1) is 32.5 Å². The summed E-state index contributed by atoms with van der Waals surface area (Å²) in [4.78, 5) is 0. The lowest BCUT2D eigenvalue weighted by Crippen LogP contribution is -2.17. The molecule has 112 valence electrons. The number of nitriles is 1. The second-order valence-electron chi connectivity index (χ2n) is 5.14. The molecule has 0 bridgehead atoms. The molecule has 4 nitrogen and oxygen atoms in total. The van der Waals surface area contributed by atoms with E-state index in [1.54, 1.807) is 14.2 Å². The molecule has 22 heavy (non-hydrogen) atoms. The van der Waals surface area contributed by atoms with Crippen LogP contribution in [0.2, 0.25) is 0 Å². The molecule has 0 fully saturated rings. The van der Waals surface area contributed by atoms with E-state index in [4.69, 9.17) is 19.5 Å². The third-order valence-corrected chi connectivity index (χ3v) is 3.93. The van der Waals surface area contributed by atoms with Crippen LogP contribution in [0.3, 0.4) is 0 Å². The van der Waals surface area contributed by atoms with E-state index in [0.717, 1.165) is 23.3 Å². The molecule has 0 aromatic heterocycles. The maximum absolute atomic E-state index is 8.91. The lowest BCUT2D eigenvalue weighted by atomic mass is 9.92. The van der Waals surface area contributed by atoms with E-state index in [1.165, 1.54) is 5.56 Å². The molecule has 1 aliphatic heterocycles.